The van der Waals surface area contributed by atoms with Gasteiger partial charge in [0.2, 0.25) is 0 Å². The fourth-order valence-electron chi connectivity index (χ4n) is 2.39. The van der Waals surface area contributed by atoms with Gasteiger partial charge < -0.3 is 10.5 Å². The Morgan fingerprint density at radius 2 is 1.67 bits per heavy atom. The van der Waals surface area contributed by atoms with Crippen LogP contribution in [0.25, 0.3) is 0 Å². The molecule has 21 heavy (non-hydrogen) atoms. The van der Waals surface area contributed by atoms with Gasteiger partial charge in [0, 0.05) is 6.04 Å². The first-order chi connectivity index (χ1) is 9.81. The number of benzene rings is 1. The van der Waals surface area contributed by atoms with Crippen molar-refractivity contribution in [2.24, 2.45) is 11.7 Å². The minimum Gasteiger partial charge on any atom is -0.493 e. The lowest BCUT2D eigenvalue weighted by atomic mass is 9.90. The highest BCUT2D eigenvalue weighted by atomic mass is 16.5. The van der Waals surface area contributed by atoms with Gasteiger partial charge in [-0.05, 0) is 54.7 Å². The standard InChI is InChI=1S/C19H33NO/c1-13(2)12-21-19-10-9-17(11-18(19)14(3)4)15(5)7-8-16(6)20/h9-11,13-16H,7-8,12,20H2,1-6H3. The third-order valence-corrected chi connectivity index (χ3v) is 3.85. The molecule has 2 nitrogen and oxygen atoms in total. The molecule has 0 amide bonds. The zero-order valence-corrected chi connectivity index (χ0v) is 14.6. The van der Waals surface area contributed by atoms with Crippen LogP contribution in [0, 0.1) is 5.92 Å². The highest BCUT2D eigenvalue weighted by Gasteiger charge is 2.13. The Bertz CT molecular complexity index is 424. The molecule has 0 fully saturated rings. The average Bonchev–Trinajstić information content (AvgIpc) is 2.42. The maximum atomic E-state index is 5.97. The van der Waals surface area contributed by atoms with E-state index in [1.165, 1.54) is 11.1 Å². The molecule has 1 aromatic rings. The Kier molecular flexibility index (Phi) is 7.24. The molecule has 0 spiro atoms. The highest BCUT2D eigenvalue weighted by molar-refractivity contribution is 5.40. The summed E-state index contributed by atoms with van der Waals surface area (Å²) in [5.41, 5.74) is 8.59. The Morgan fingerprint density at radius 1 is 1.00 bits per heavy atom. The average molecular weight is 291 g/mol. The molecule has 0 aliphatic carbocycles. The van der Waals surface area contributed by atoms with E-state index in [-0.39, 0.29) is 6.04 Å². The van der Waals surface area contributed by atoms with Crippen LogP contribution in [0.4, 0.5) is 0 Å². The van der Waals surface area contributed by atoms with Crippen LogP contribution in [-0.2, 0) is 0 Å². The molecule has 120 valence electrons. The van der Waals surface area contributed by atoms with Gasteiger partial charge in [0.15, 0.2) is 0 Å². The predicted molar refractivity (Wildman–Crippen MR) is 92.2 cm³/mol. The van der Waals surface area contributed by atoms with Crippen molar-refractivity contribution in [3.63, 3.8) is 0 Å². The molecule has 2 atom stereocenters. The molecule has 0 aliphatic rings. The molecule has 1 aromatic carbocycles. The zero-order valence-electron chi connectivity index (χ0n) is 14.6. The molecule has 2 heteroatoms. The molecule has 0 bridgehead atoms. The third-order valence-electron chi connectivity index (χ3n) is 3.85. The molecule has 0 radical (unpaired) electrons. The van der Waals surface area contributed by atoms with E-state index in [4.69, 9.17) is 10.5 Å². The summed E-state index contributed by atoms with van der Waals surface area (Å²) in [5, 5.41) is 0. The van der Waals surface area contributed by atoms with E-state index in [2.05, 4.69) is 59.7 Å². The van der Waals surface area contributed by atoms with E-state index in [1.807, 2.05) is 0 Å². The van der Waals surface area contributed by atoms with Crippen molar-refractivity contribution in [3.05, 3.63) is 29.3 Å². The predicted octanol–water partition coefficient (Wildman–Crippen LogP) is 5.08. The quantitative estimate of drug-likeness (QED) is 0.725. The van der Waals surface area contributed by atoms with Crippen LogP contribution in [-0.4, -0.2) is 12.6 Å². The van der Waals surface area contributed by atoms with Crippen molar-refractivity contribution in [3.8, 4) is 5.75 Å². The van der Waals surface area contributed by atoms with Gasteiger partial charge >= 0.3 is 0 Å². The van der Waals surface area contributed by atoms with Gasteiger partial charge in [-0.15, -0.1) is 0 Å². The van der Waals surface area contributed by atoms with Gasteiger partial charge in [-0.2, -0.15) is 0 Å². The van der Waals surface area contributed by atoms with Crippen LogP contribution >= 0.6 is 0 Å². The van der Waals surface area contributed by atoms with Gasteiger partial charge in [-0.1, -0.05) is 46.8 Å². The van der Waals surface area contributed by atoms with Crippen LogP contribution in [0.3, 0.4) is 0 Å². The van der Waals surface area contributed by atoms with Crippen molar-refractivity contribution in [1.29, 1.82) is 0 Å². The Morgan fingerprint density at radius 3 is 2.19 bits per heavy atom. The van der Waals surface area contributed by atoms with Crippen molar-refractivity contribution in [1.82, 2.24) is 0 Å². The van der Waals surface area contributed by atoms with E-state index >= 15 is 0 Å². The fraction of sp³-hybridized carbons (Fsp3) is 0.684. The van der Waals surface area contributed by atoms with E-state index in [9.17, 15) is 0 Å². The molecule has 0 aliphatic heterocycles. The first-order valence-electron chi connectivity index (χ1n) is 8.33. The van der Waals surface area contributed by atoms with E-state index in [0.717, 1.165) is 25.2 Å². The summed E-state index contributed by atoms with van der Waals surface area (Å²) in [7, 11) is 0. The Hall–Kier alpha value is -1.02. The molecule has 0 aromatic heterocycles. The van der Waals surface area contributed by atoms with Crippen LogP contribution in [0.15, 0.2) is 18.2 Å². The summed E-state index contributed by atoms with van der Waals surface area (Å²) < 4.78 is 5.97. The SMILES string of the molecule is CC(C)COc1ccc(C(C)CCC(C)N)cc1C(C)C. The van der Waals surface area contributed by atoms with Crippen LogP contribution in [0.1, 0.15) is 77.3 Å². The Labute approximate surface area is 131 Å². The van der Waals surface area contributed by atoms with E-state index < -0.39 is 0 Å². The summed E-state index contributed by atoms with van der Waals surface area (Å²) >= 11 is 0. The van der Waals surface area contributed by atoms with Gasteiger partial charge in [0.25, 0.3) is 0 Å². The monoisotopic (exact) mass is 291 g/mol. The third kappa shape index (κ3) is 6.09. The number of rotatable bonds is 8. The smallest absolute Gasteiger partial charge is 0.122 e. The van der Waals surface area contributed by atoms with Gasteiger partial charge in [0.05, 0.1) is 6.61 Å². The summed E-state index contributed by atoms with van der Waals surface area (Å²) in [6.45, 7) is 14.0. The van der Waals surface area contributed by atoms with Crippen molar-refractivity contribution >= 4 is 0 Å². The molecule has 0 heterocycles. The maximum Gasteiger partial charge on any atom is 0.122 e. The molecule has 2 unspecified atom stereocenters. The van der Waals surface area contributed by atoms with Gasteiger partial charge in [-0.25, -0.2) is 0 Å². The normalized spacial score (nSPS) is 14.5. The summed E-state index contributed by atoms with van der Waals surface area (Å²) in [6.07, 6.45) is 2.21. The molecular formula is C19H33NO. The van der Waals surface area contributed by atoms with Gasteiger partial charge in [0.1, 0.15) is 5.75 Å². The lowest BCUT2D eigenvalue weighted by molar-refractivity contribution is 0.267. The lowest BCUT2D eigenvalue weighted by Gasteiger charge is -2.19. The summed E-state index contributed by atoms with van der Waals surface area (Å²) in [5.74, 6) is 2.62. The molecule has 0 saturated carbocycles. The van der Waals surface area contributed by atoms with Gasteiger partial charge in [-0.3, -0.25) is 0 Å². The second kappa shape index (κ2) is 8.43. The first-order valence-corrected chi connectivity index (χ1v) is 8.33. The first kappa shape index (κ1) is 18.0. The lowest BCUT2D eigenvalue weighted by Crippen LogP contribution is -2.15. The second-order valence-corrected chi connectivity index (χ2v) is 7.11. The topological polar surface area (TPSA) is 35.2 Å². The number of hydrogen-bond acceptors (Lipinski definition) is 2. The highest BCUT2D eigenvalue weighted by Crippen LogP contribution is 2.32. The molecular weight excluding hydrogens is 258 g/mol. The Balaban J connectivity index is 2.86. The minimum atomic E-state index is 0.283. The summed E-state index contributed by atoms with van der Waals surface area (Å²) in [6, 6.07) is 6.97. The van der Waals surface area contributed by atoms with E-state index in [1.54, 1.807) is 0 Å². The number of hydrogen-bond donors (Lipinski definition) is 1. The van der Waals surface area contributed by atoms with Crippen LogP contribution in [0.5, 0.6) is 5.75 Å². The van der Waals surface area contributed by atoms with Crippen molar-refractivity contribution in [2.75, 3.05) is 6.61 Å². The molecule has 1 rings (SSSR count). The largest absolute Gasteiger partial charge is 0.493 e. The van der Waals surface area contributed by atoms with Crippen molar-refractivity contribution < 1.29 is 4.74 Å². The molecule has 2 N–H and O–H groups in total. The van der Waals surface area contributed by atoms with Crippen molar-refractivity contribution in [2.45, 2.75) is 72.3 Å². The van der Waals surface area contributed by atoms with E-state index in [0.29, 0.717) is 17.8 Å². The van der Waals surface area contributed by atoms with Crippen LogP contribution in [0.2, 0.25) is 0 Å². The maximum absolute atomic E-state index is 5.97. The number of ether oxygens (including phenoxy) is 1. The minimum absolute atomic E-state index is 0.283. The number of nitrogens with two attached hydrogens (primary N) is 1. The molecule has 0 saturated heterocycles. The van der Waals surface area contributed by atoms with Crippen LogP contribution < -0.4 is 10.5 Å². The second-order valence-electron chi connectivity index (χ2n) is 7.11. The summed E-state index contributed by atoms with van der Waals surface area (Å²) in [4.78, 5) is 0. The zero-order chi connectivity index (χ0) is 16.0. The fourth-order valence-corrected chi connectivity index (χ4v) is 2.39.